The molecule has 3 atom stereocenters. The maximum atomic E-state index is 12.8. The van der Waals surface area contributed by atoms with Crippen molar-refractivity contribution in [3.05, 3.63) is 65.6 Å². The van der Waals surface area contributed by atoms with Gasteiger partial charge in [-0.05, 0) is 71.6 Å². The summed E-state index contributed by atoms with van der Waals surface area (Å²) in [5, 5.41) is 6.69. The minimum Gasteiger partial charge on any atom is -0.483 e. The van der Waals surface area contributed by atoms with Crippen molar-refractivity contribution in [2.75, 3.05) is 39.5 Å². The van der Waals surface area contributed by atoms with Crippen LogP contribution in [0.5, 0.6) is 5.75 Å². The number of nitrogens with one attached hydrogen (secondary N) is 1. The van der Waals surface area contributed by atoms with Gasteiger partial charge in [-0.3, -0.25) is 9.69 Å². The number of carbonyl (C=O) groups is 1. The number of ether oxygens (including phenoxy) is 2. The van der Waals surface area contributed by atoms with E-state index in [1.807, 2.05) is 6.07 Å². The van der Waals surface area contributed by atoms with Crippen LogP contribution in [0, 0.1) is 23.2 Å². The lowest BCUT2D eigenvalue weighted by Gasteiger charge is -2.27. The molecule has 1 spiro atoms. The zero-order chi connectivity index (χ0) is 24.8. The predicted octanol–water partition coefficient (Wildman–Crippen LogP) is 5.50. The SMILES string of the molecule is O=C(COc1ccc(-c2csc3ccccc23)cc1CN1CCOCC1)NC[C@H]1C[C@H]2C=C[C@H]1C21CC1. The van der Waals surface area contributed by atoms with Gasteiger partial charge in [-0.1, -0.05) is 36.4 Å². The van der Waals surface area contributed by atoms with E-state index in [4.69, 9.17) is 9.47 Å². The van der Waals surface area contributed by atoms with Gasteiger partial charge in [-0.25, -0.2) is 0 Å². The molecule has 0 radical (unpaired) electrons. The zero-order valence-corrected chi connectivity index (χ0v) is 22.0. The van der Waals surface area contributed by atoms with Crippen LogP contribution in [-0.2, 0) is 16.1 Å². The van der Waals surface area contributed by atoms with Gasteiger partial charge in [0, 0.05) is 47.4 Å². The highest BCUT2D eigenvalue weighted by molar-refractivity contribution is 7.17. The topological polar surface area (TPSA) is 50.8 Å². The number of fused-ring (bicyclic) bond motifs is 1. The van der Waals surface area contributed by atoms with Crippen molar-refractivity contribution >= 4 is 27.3 Å². The van der Waals surface area contributed by atoms with E-state index in [2.05, 4.69) is 64.1 Å². The molecule has 2 aromatic carbocycles. The van der Waals surface area contributed by atoms with Gasteiger partial charge >= 0.3 is 0 Å². The van der Waals surface area contributed by atoms with E-state index in [0.29, 0.717) is 17.3 Å². The number of hydrogen-bond acceptors (Lipinski definition) is 5. The van der Waals surface area contributed by atoms with Crippen LogP contribution in [0.25, 0.3) is 21.2 Å². The molecule has 1 amide bonds. The summed E-state index contributed by atoms with van der Waals surface area (Å²) in [6.45, 7) is 4.94. The third-order valence-electron chi connectivity index (χ3n) is 9.12. The van der Waals surface area contributed by atoms with Crippen molar-refractivity contribution < 1.29 is 14.3 Å². The minimum atomic E-state index is -0.0261. The quantitative estimate of drug-likeness (QED) is 0.404. The van der Waals surface area contributed by atoms with Crippen molar-refractivity contribution in [1.82, 2.24) is 10.2 Å². The Hall–Kier alpha value is -2.67. The maximum absolute atomic E-state index is 12.8. The molecule has 37 heavy (non-hydrogen) atoms. The molecule has 2 saturated carbocycles. The van der Waals surface area contributed by atoms with E-state index in [9.17, 15) is 4.79 Å². The van der Waals surface area contributed by atoms with Gasteiger partial charge in [0.05, 0.1) is 13.2 Å². The second-order valence-corrected chi connectivity index (χ2v) is 12.1. The fraction of sp³-hybridized carbons (Fsp3) is 0.452. The molecule has 2 heterocycles. The van der Waals surface area contributed by atoms with E-state index >= 15 is 0 Å². The van der Waals surface area contributed by atoms with Crippen LogP contribution in [-0.4, -0.2) is 50.3 Å². The summed E-state index contributed by atoms with van der Waals surface area (Å²) in [5.41, 5.74) is 4.13. The number of benzene rings is 2. The number of amides is 1. The second-order valence-electron chi connectivity index (χ2n) is 11.2. The van der Waals surface area contributed by atoms with Crippen LogP contribution < -0.4 is 10.1 Å². The summed E-state index contributed by atoms with van der Waals surface area (Å²) in [4.78, 5) is 15.2. The van der Waals surface area contributed by atoms with Gasteiger partial charge in [0.15, 0.2) is 6.61 Å². The lowest BCUT2D eigenvalue weighted by Crippen LogP contribution is -2.36. The number of carbonyl (C=O) groups excluding carboxylic acids is 1. The Labute approximate surface area is 222 Å². The van der Waals surface area contributed by atoms with Gasteiger partial charge in [0.1, 0.15) is 5.75 Å². The Kier molecular flexibility index (Phi) is 6.07. The molecule has 7 rings (SSSR count). The van der Waals surface area contributed by atoms with Crippen molar-refractivity contribution in [3.8, 4) is 16.9 Å². The molecular formula is C31H34N2O3S. The highest BCUT2D eigenvalue weighted by Crippen LogP contribution is 2.69. The predicted molar refractivity (Wildman–Crippen MR) is 148 cm³/mol. The monoisotopic (exact) mass is 514 g/mol. The average molecular weight is 515 g/mol. The summed E-state index contributed by atoms with van der Waals surface area (Å²) in [7, 11) is 0. The number of rotatable bonds is 8. The van der Waals surface area contributed by atoms with Crippen molar-refractivity contribution in [2.24, 2.45) is 23.2 Å². The molecule has 1 aromatic heterocycles. The molecule has 1 aliphatic heterocycles. The van der Waals surface area contributed by atoms with E-state index in [-0.39, 0.29) is 12.5 Å². The van der Waals surface area contributed by atoms with Crippen LogP contribution in [0.15, 0.2) is 60.0 Å². The third-order valence-corrected chi connectivity index (χ3v) is 10.1. The molecule has 6 heteroatoms. The van der Waals surface area contributed by atoms with Crippen LogP contribution in [0.2, 0.25) is 0 Å². The molecule has 192 valence electrons. The Morgan fingerprint density at radius 1 is 1.14 bits per heavy atom. The molecule has 2 bridgehead atoms. The molecule has 3 fully saturated rings. The maximum Gasteiger partial charge on any atom is 0.257 e. The summed E-state index contributed by atoms with van der Waals surface area (Å²) in [6.07, 6.45) is 8.81. The Bertz CT molecular complexity index is 1340. The zero-order valence-electron chi connectivity index (χ0n) is 21.2. The average Bonchev–Trinajstić information content (AvgIpc) is 3.40. The van der Waals surface area contributed by atoms with E-state index in [1.165, 1.54) is 40.5 Å². The molecule has 1 saturated heterocycles. The highest BCUT2D eigenvalue weighted by Gasteiger charge is 2.62. The van der Waals surface area contributed by atoms with Crippen molar-refractivity contribution in [3.63, 3.8) is 0 Å². The van der Waals surface area contributed by atoms with Gasteiger partial charge in [0.2, 0.25) is 0 Å². The van der Waals surface area contributed by atoms with Crippen LogP contribution in [0.3, 0.4) is 0 Å². The lowest BCUT2D eigenvalue weighted by atomic mass is 9.89. The molecule has 0 unspecified atom stereocenters. The lowest BCUT2D eigenvalue weighted by molar-refractivity contribution is -0.123. The molecule has 1 N–H and O–H groups in total. The number of hydrogen-bond donors (Lipinski definition) is 1. The van der Waals surface area contributed by atoms with Crippen molar-refractivity contribution in [1.29, 1.82) is 0 Å². The minimum absolute atomic E-state index is 0.0261. The van der Waals surface area contributed by atoms with E-state index in [0.717, 1.165) is 56.6 Å². The Morgan fingerprint density at radius 2 is 2.00 bits per heavy atom. The normalized spacial score (nSPS) is 25.7. The first-order valence-corrected chi connectivity index (χ1v) is 14.5. The van der Waals surface area contributed by atoms with Gasteiger partial charge in [0.25, 0.3) is 5.91 Å². The molecular weight excluding hydrogens is 480 g/mol. The Balaban J connectivity index is 1.04. The largest absolute Gasteiger partial charge is 0.483 e. The van der Waals surface area contributed by atoms with Crippen LogP contribution in [0.4, 0.5) is 0 Å². The van der Waals surface area contributed by atoms with Crippen LogP contribution in [0.1, 0.15) is 24.8 Å². The fourth-order valence-electron chi connectivity index (χ4n) is 7.01. The number of nitrogens with zero attached hydrogens (tertiary/aromatic N) is 1. The highest BCUT2D eigenvalue weighted by atomic mass is 32.1. The first-order valence-electron chi connectivity index (χ1n) is 13.7. The number of thiophene rings is 1. The van der Waals surface area contributed by atoms with Crippen molar-refractivity contribution in [2.45, 2.75) is 25.8 Å². The smallest absolute Gasteiger partial charge is 0.257 e. The molecule has 3 aliphatic carbocycles. The number of morpholine rings is 1. The summed E-state index contributed by atoms with van der Waals surface area (Å²) >= 11 is 1.78. The summed E-state index contributed by atoms with van der Waals surface area (Å²) in [6, 6.07) is 15.0. The molecule has 4 aliphatic rings. The number of allylic oxidation sites excluding steroid dienone is 2. The standard InChI is InChI=1S/C31H34N2O3S/c34-30(32-17-22-16-24-6-7-27(22)31(24)9-10-31)19-36-28-8-5-21(15-23(28)18-33-11-13-35-14-12-33)26-20-37-29-4-2-1-3-25(26)29/h1-8,15,20,22,24,27H,9-14,16-19H2,(H,32,34)/t22-,24-,27-/m1/s1. The van der Waals surface area contributed by atoms with E-state index < -0.39 is 0 Å². The Morgan fingerprint density at radius 3 is 2.84 bits per heavy atom. The summed E-state index contributed by atoms with van der Waals surface area (Å²) < 4.78 is 13.0. The summed E-state index contributed by atoms with van der Waals surface area (Å²) in [5.74, 6) is 2.77. The fourth-order valence-corrected chi connectivity index (χ4v) is 7.98. The molecule has 3 aromatic rings. The van der Waals surface area contributed by atoms with Gasteiger partial charge < -0.3 is 14.8 Å². The van der Waals surface area contributed by atoms with E-state index in [1.54, 1.807) is 11.3 Å². The van der Waals surface area contributed by atoms with Crippen LogP contribution >= 0.6 is 11.3 Å². The third kappa shape index (κ3) is 4.39. The second kappa shape index (κ2) is 9.57. The first-order chi connectivity index (χ1) is 18.2. The molecule has 5 nitrogen and oxygen atoms in total. The first kappa shape index (κ1) is 23.4. The van der Waals surface area contributed by atoms with Gasteiger partial charge in [-0.15, -0.1) is 11.3 Å². The van der Waals surface area contributed by atoms with Gasteiger partial charge in [-0.2, -0.15) is 0 Å².